The van der Waals surface area contributed by atoms with Gasteiger partial charge in [-0.3, -0.25) is 4.79 Å². The third kappa shape index (κ3) is 5.14. The van der Waals surface area contributed by atoms with Crippen LogP contribution in [0.1, 0.15) is 39.0 Å². The maximum atomic E-state index is 11.9. The highest BCUT2D eigenvalue weighted by Gasteiger charge is 2.16. The van der Waals surface area contributed by atoms with E-state index in [1.54, 1.807) is 12.1 Å². The predicted molar refractivity (Wildman–Crippen MR) is 84.1 cm³/mol. The number of carbonyl (C=O) groups excluding carboxylic acids is 1. The first kappa shape index (κ1) is 15.3. The van der Waals surface area contributed by atoms with Gasteiger partial charge in [-0.2, -0.15) is 0 Å². The van der Waals surface area contributed by atoms with Gasteiger partial charge < -0.3 is 10.6 Å². The van der Waals surface area contributed by atoms with E-state index in [0.717, 1.165) is 11.6 Å². The van der Waals surface area contributed by atoms with Crippen LogP contribution in [-0.2, 0) is 4.79 Å². The molecule has 0 spiro atoms. The smallest absolute Gasteiger partial charge is 0.238 e. The lowest BCUT2D eigenvalue weighted by atomic mass is 10.0. The largest absolute Gasteiger partial charge is 0.325 e. The fraction of sp³-hybridized carbons (Fsp3) is 0.562. The Morgan fingerprint density at radius 2 is 1.95 bits per heavy atom. The van der Waals surface area contributed by atoms with Gasteiger partial charge in [-0.25, -0.2) is 0 Å². The summed E-state index contributed by atoms with van der Waals surface area (Å²) in [7, 11) is 0. The number of anilines is 1. The lowest BCUT2D eigenvalue weighted by Crippen LogP contribution is -2.35. The predicted octanol–water partition coefficient (Wildman–Crippen LogP) is 3.84. The quantitative estimate of drug-likeness (QED) is 0.829. The number of amides is 1. The SMILES string of the molecule is CC1CCCC(NCC(=O)Nc2ccc(Cl)cc2)CC1. The molecule has 0 saturated heterocycles. The molecule has 0 heterocycles. The summed E-state index contributed by atoms with van der Waals surface area (Å²) in [6, 6.07) is 7.66. The molecule has 1 aromatic rings. The molecule has 3 nitrogen and oxygen atoms in total. The third-order valence-electron chi connectivity index (χ3n) is 3.94. The second-order valence-electron chi connectivity index (χ2n) is 5.75. The van der Waals surface area contributed by atoms with Crippen LogP contribution in [0.3, 0.4) is 0 Å². The standard InChI is InChI=1S/C16H23ClN2O/c1-12-3-2-4-14(8-5-12)18-11-16(20)19-15-9-6-13(17)7-10-15/h6-7,9-10,12,14,18H,2-5,8,11H2,1H3,(H,19,20). The molecule has 110 valence electrons. The number of carbonyl (C=O) groups is 1. The second kappa shape index (κ2) is 7.65. The van der Waals surface area contributed by atoms with Crippen molar-refractivity contribution >= 4 is 23.2 Å². The van der Waals surface area contributed by atoms with Crippen LogP contribution in [0.25, 0.3) is 0 Å². The first-order chi connectivity index (χ1) is 9.63. The van der Waals surface area contributed by atoms with E-state index >= 15 is 0 Å². The van der Waals surface area contributed by atoms with Crippen LogP contribution in [-0.4, -0.2) is 18.5 Å². The van der Waals surface area contributed by atoms with E-state index in [1.165, 1.54) is 32.1 Å². The zero-order chi connectivity index (χ0) is 14.4. The summed E-state index contributed by atoms with van der Waals surface area (Å²) in [6.45, 7) is 2.69. The number of nitrogens with one attached hydrogen (secondary N) is 2. The summed E-state index contributed by atoms with van der Waals surface area (Å²) >= 11 is 5.81. The molecule has 4 heteroatoms. The van der Waals surface area contributed by atoms with Crippen molar-refractivity contribution in [2.75, 3.05) is 11.9 Å². The van der Waals surface area contributed by atoms with Gasteiger partial charge in [0.15, 0.2) is 0 Å². The molecular weight excluding hydrogens is 272 g/mol. The minimum Gasteiger partial charge on any atom is -0.325 e. The van der Waals surface area contributed by atoms with Crippen molar-refractivity contribution in [3.63, 3.8) is 0 Å². The lowest BCUT2D eigenvalue weighted by Gasteiger charge is -2.16. The van der Waals surface area contributed by atoms with Gasteiger partial charge in [-0.1, -0.05) is 31.4 Å². The maximum Gasteiger partial charge on any atom is 0.238 e. The Balaban J connectivity index is 1.73. The number of halogens is 1. The highest BCUT2D eigenvalue weighted by Crippen LogP contribution is 2.22. The van der Waals surface area contributed by atoms with E-state index < -0.39 is 0 Å². The molecule has 1 aliphatic rings. The molecule has 2 unspecified atom stereocenters. The Hall–Kier alpha value is -1.06. The fourth-order valence-corrected chi connectivity index (χ4v) is 2.79. The molecule has 0 radical (unpaired) electrons. The summed E-state index contributed by atoms with van der Waals surface area (Å²) in [5.41, 5.74) is 0.788. The van der Waals surface area contributed by atoms with Crippen molar-refractivity contribution in [3.8, 4) is 0 Å². The van der Waals surface area contributed by atoms with Gasteiger partial charge in [-0.15, -0.1) is 0 Å². The number of hydrogen-bond acceptors (Lipinski definition) is 2. The number of benzene rings is 1. The van der Waals surface area contributed by atoms with Gasteiger partial charge in [0, 0.05) is 16.8 Å². The van der Waals surface area contributed by atoms with E-state index in [9.17, 15) is 4.79 Å². The molecule has 0 aromatic heterocycles. The van der Waals surface area contributed by atoms with E-state index in [1.807, 2.05) is 12.1 Å². The number of hydrogen-bond donors (Lipinski definition) is 2. The van der Waals surface area contributed by atoms with Crippen LogP contribution in [0, 0.1) is 5.92 Å². The third-order valence-corrected chi connectivity index (χ3v) is 4.19. The van der Waals surface area contributed by atoms with Gasteiger partial charge in [-0.05, 0) is 49.4 Å². The Bertz CT molecular complexity index is 433. The van der Waals surface area contributed by atoms with E-state index in [4.69, 9.17) is 11.6 Å². The first-order valence-corrected chi connectivity index (χ1v) is 7.80. The van der Waals surface area contributed by atoms with E-state index in [-0.39, 0.29) is 5.91 Å². The lowest BCUT2D eigenvalue weighted by molar-refractivity contribution is -0.115. The monoisotopic (exact) mass is 294 g/mol. The minimum absolute atomic E-state index is 0.00428. The zero-order valence-electron chi connectivity index (χ0n) is 12.0. The molecule has 0 aliphatic heterocycles. The van der Waals surface area contributed by atoms with Crippen LogP contribution in [0.2, 0.25) is 5.02 Å². The van der Waals surface area contributed by atoms with Crippen molar-refractivity contribution in [2.24, 2.45) is 5.92 Å². The van der Waals surface area contributed by atoms with E-state index in [0.29, 0.717) is 17.6 Å². The van der Waals surface area contributed by atoms with Crippen LogP contribution < -0.4 is 10.6 Å². The second-order valence-corrected chi connectivity index (χ2v) is 6.18. The molecule has 0 bridgehead atoms. The average Bonchev–Trinajstić information content (AvgIpc) is 2.64. The summed E-state index contributed by atoms with van der Waals surface area (Å²) in [5, 5.41) is 6.92. The zero-order valence-corrected chi connectivity index (χ0v) is 12.7. The van der Waals surface area contributed by atoms with Crippen molar-refractivity contribution in [3.05, 3.63) is 29.3 Å². The summed E-state index contributed by atoms with van der Waals surface area (Å²) < 4.78 is 0. The van der Waals surface area contributed by atoms with Gasteiger partial charge in [0.2, 0.25) is 5.91 Å². The Kier molecular flexibility index (Phi) is 5.86. The van der Waals surface area contributed by atoms with Crippen molar-refractivity contribution in [1.29, 1.82) is 0 Å². The molecule has 2 atom stereocenters. The molecule has 1 fully saturated rings. The average molecular weight is 295 g/mol. The van der Waals surface area contributed by atoms with Gasteiger partial charge >= 0.3 is 0 Å². The van der Waals surface area contributed by atoms with E-state index in [2.05, 4.69) is 17.6 Å². The molecule has 1 amide bonds. The van der Waals surface area contributed by atoms with Crippen molar-refractivity contribution in [1.82, 2.24) is 5.32 Å². The van der Waals surface area contributed by atoms with Crippen molar-refractivity contribution < 1.29 is 4.79 Å². The summed E-state index contributed by atoms with van der Waals surface area (Å²) in [4.78, 5) is 11.9. The fourth-order valence-electron chi connectivity index (χ4n) is 2.67. The molecule has 1 aliphatic carbocycles. The summed E-state index contributed by atoms with van der Waals surface area (Å²) in [6.07, 6.45) is 6.19. The normalized spacial score (nSPS) is 23.1. The van der Waals surface area contributed by atoms with Crippen LogP contribution in [0.5, 0.6) is 0 Å². The highest BCUT2D eigenvalue weighted by molar-refractivity contribution is 6.30. The first-order valence-electron chi connectivity index (χ1n) is 7.42. The highest BCUT2D eigenvalue weighted by atomic mass is 35.5. The molecule has 1 aromatic carbocycles. The van der Waals surface area contributed by atoms with Crippen LogP contribution in [0.4, 0.5) is 5.69 Å². The molecule has 2 rings (SSSR count). The molecule has 2 N–H and O–H groups in total. The van der Waals surface area contributed by atoms with Crippen LogP contribution >= 0.6 is 11.6 Å². The Morgan fingerprint density at radius 1 is 1.20 bits per heavy atom. The topological polar surface area (TPSA) is 41.1 Å². The number of rotatable bonds is 4. The summed E-state index contributed by atoms with van der Waals surface area (Å²) in [5.74, 6) is 0.828. The van der Waals surface area contributed by atoms with Gasteiger partial charge in [0.05, 0.1) is 6.54 Å². The van der Waals surface area contributed by atoms with Crippen LogP contribution in [0.15, 0.2) is 24.3 Å². The Morgan fingerprint density at radius 3 is 2.70 bits per heavy atom. The molecule has 20 heavy (non-hydrogen) atoms. The van der Waals surface area contributed by atoms with Gasteiger partial charge in [0.1, 0.15) is 0 Å². The van der Waals surface area contributed by atoms with Crippen molar-refractivity contribution in [2.45, 2.75) is 45.1 Å². The molecule has 1 saturated carbocycles. The molecular formula is C16H23ClN2O. The maximum absolute atomic E-state index is 11.9. The Labute approximate surface area is 126 Å². The minimum atomic E-state index is 0.00428. The van der Waals surface area contributed by atoms with Gasteiger partial charge in [0.25, 0.3) is 0 Å².